The minimum Gasteiger partial charge on any atom is -0.366 e. The number of fused-ring (bicyclic) bond motifs is 1. The van der Waals surface area contributed by atoms with Crippen molar-refractivity contribution >= 4 is 17.1 Å². The number of amides is 1. The number of halogens is 1. The topological polar surface area (TPSA) is 86.6 Å². The summed E-state index contributed by atoms with van der Waals surface area (Å²) < 4.78 is 15.2. The van der Waals surface area contributed by atoms with Gasteiger partial charge in [0.05, 0.1) is 11.9 Å². The Bertz CT molecular complexity index is 1040. The highest BCUT2D eigenvalue weighted by Crippen LogP contribution is 2.20. The van der Waals surface area contributed by atoms with E-state index in [1.165, 1.54) is 10.6 Å². The van der Waals surface area contributed by atoms with Crippen LogP contribution >= 0.6 is 0 Å². The molecule has 1 fully saturated rings. The first-order valence-corrected chi connectivity index (χ1v) is 8.28. The molecule has 0 spiro atoms. The Morgan fingerprint density at radius 3 is 2.65 bits per heavy atom. The second kappa shape index (κ2) is 6.25. The number of aromatic nitrogens is 4. The molecule has 1 N–H and O–H groups in total. The van der Waals surface area contributed by atoms with E-state index in [-0.39, 0.29) is 22.9 Å². The van der Waals surface area contributed by atoms with Crippen LogP contribution in [0.25, 0.3) is 5.52 Å². The molecule has 3 aromatic rings. The highest BCUT2D eigenvalue weighted by atomic mass is 19.1. The number of carbonyl (C=O) groups is 1. The molecule has 0 unspecified atom stereocenters. The Kier molecular flexibility index (Phi) is 3.90. The molecule has 8 nitrogen and oxygen atoms in total. The highest BCUT2D eigenvalue weighted by molar-refractivity contribution is 5.98. The summed E-state index contributed by atoms with van der Waals surface area (Å²) in [4.78, 5) is 31.1. The molecule has 0 bridgehead atoms. The van der Waals surface area contributed by atoms with Crippen LogP contribution in [0, 0.1) is 12.7 Å². The molecule has 2 aromatic heterocycles. The number of nitrogens with zero attached hydrogens (tertiary/aromatic N) is 5. The van der Waals surface area contributed by atoms with Crippen molar-refractivity contribution < 1.29 is 9.18 Å². The Labute approximate surface area is 147 Å². The number of carbonyl (C=O) groups excluding carboxylic acids is 1. The number of hydrogen-bond donors (Lipinski definition) is 1. The second-order valence-corrected chi connectivity index (χ2v) is 6.23. The van der Waals surface area contributed by atoms with Crippen LogP contribution in [0.2, 0.25) is 0 Å². The van der Waals surface area contributed by atoms with Gasteiger partial charge >= 0.3 is 0 Å². The fraction of sp³-hybridized carbons (Fsp3) is 0.294. The Morgan fingerprint density at radius 1 is 1.19 bits per heavy atom. The third kappa shape index (κ3) is 2.71. The summed E-state index contributed by atoms with van der Waals surface area (Å²) in [6.07, 6.45) is 1.61. The summed E-state index contributed by atoms with van der Waals surface area (Å²) >= 11 is 0. The van der Waals surface area contributed by atoms with Crippen LogP contribution < -0.4 is 10.5 Å². The minimum atomic E-state index is -0.400. The van der Waals surface area contributed by atoms with E-state index in [9.17, 15) is 14.0 Å². The molecule has 0 radical (unpaired) electrons. The SMILES string of the molecule is Cc1cn2nnc(C(=O)N3CCN(c4ccccc4F)CC3)c2c(=O)[nH]1. The Morgan fingerprint density at radius 2 is 1.92 bits per heavy atom. The molecule has 1 aromatic carbocycles. The van der Waals surface area contributed by atoms with Gasteiger partial charge in [0.1, 0.15) is 5.82 Å². The standard InChI is InChI=1S/C17H17FN6O2/c1-11-10-24-15(16(25)19-11)14(20-21-24)17(26)23-8-6-22(7-9-23)13-5-3-2-4-12(13)18/h2-5,10H,6-9H2,1H3,(H,19,25). The lowest BCUT2D eigenvalue weighted by molar-refractivity contribution is 0.0742. The number of nitrogens with one attached hydrogen (secondary N) is 1. The molecular weight excluding hydrogens is 339 g/mol. The highest BCUT2D eigenvalue weighted by Gasteiger charge is 2.27. The van der Waals surface area contributed by atoms with Crippen molar-refractivity contribution in [3.8, 4) is 0 Å². The van der Waals surface area contributed by atoms with E-state index in [1.54, 1.807) is 36.2 Å². The summed E-state index contributed by atoms with van der Waals surface area (Å²) in [6.45, 7) is 3.56. The van der Waals surface area contributed by atoms with Crippen molar-refractivity contribution in [2.75, 3.05) is 31.1 Å². The molecular formula is C17H17FN6O2. The third-order valence-corrected chi connectivity index (χ3v) is 4.50. The van der Waals surface area contributed by atoms with Gasteiger partial charge < -0.3 is 14.8 Å². The summed E-state index contributed by atoms with van der Waals surface area (Å²) in [7, 11) is 0. The van der Waals surface area contributed by atoms with Crippen molar-refractivity contribution in [1.29, 1.82) is 0 Å². The zero-order valence-electron chi connectivity index (χ0n) is 14.1. The van der Waals surface area contributed by atoms with Crippen LogP contribution in [-0.4, -0.2) is 56.8 Å². The largest absolute Gasteiger partial charge is 0.366 e. The average molecular weight is 356 g/mol. The van der Waals surface area contributed by atoms with Crippen molar-refractivity contribution in [2.45, 2.75) is 6.92 Å². The lowest BCUT2D eigenvalue weighted by Crippen LogP contribution is -2.49. The Hall–Kier alpha value is -3.23. The van der Waals surface area contributed by atoms with Gasteiger partial charge in [0.15, 0.2) is 11.2 Å². The molecule has 1 amide bonds. The van der Waals surface area contributed by atoms with Crippen molar-refractivity contribution in [3.63, 3.8) is 0 Å². The molecule has 0 atom stereocenters. The number of H-pyrrole nitrogens is 1. The molecule has 9 heteroatoms. The number of para-hydroxylation sites is 1. The van der Waals surface area contributed by atoms with E-state index < -0.39 is 5.56 Å². The van der Waals surface area contributed by atoms with E-state index >= 15 is 0 Å². The zero-order valence-corrected chi connectivity index (χ0v) is 14.1. The van der Waals surface area contributed by atoms with E-state index in [0.29, 0.717) is 37.6 Å². The van der Waals surface area contributed by atoms with Crippen LogP contribution in [0.15, 0.2) is 35.3 Å². The third-order valence-electron chi connectivity index (χ3n) is 4.50. The van der Waals surface area contributed by atoms with Gasteiger partial charge in [0, 0.05) is 31.9 Å². The molecule has 1 aliphatic rings. The van der Waals surface area contributed by atoms with Crippen LogP contribution in [0.4, 0.5) is 10.1 Å². The number of hydrogen-bond acceptors (Lipinski definition) is 5. The number of benzene rings is 1. The van der Waals surface area contributed by atoms with Crippen molar-refractivity contribution in [3.05, 3.63) is 58.0 Å². The molecule has 4 rings (SSSR count). The van der Waals surface area contributed by atoms with Gasteiger partial charge in [-0.2, -0.15) is 0 Å². The fourth-order valence-electron chi connectivity index (χ4n) is 3.20. The van der Waals surface area contributed by atoms with Crippen molar-refractivity contribution in [2.24, 2.45) is 0 Å². The number of aromatic amines is 1. The predicted octanol–water partition coefficient (Wildman–Crippen LogP) is 0.828. The average Bonchev–Trinajstić information content (AvgIpc) is 3.06. The summed E-state index contributed by atoms with van der Waals surface area (Å²) in [6, 6.07) is 6.58. The van der Waals surface area contributed by atoms with Crippen LogP contribution in [0.3, 0.4) is 0 Å². The first-order valence-electron chi connectivity index (χ1n) is 8.28. The number of piperazine rings is 1. The van der Waals surface area contributed by atoms with Gasteiger partial charge in [-0.05, 0) is 19.1 Å². The smallest absolute Gasteiger partial charge is 0.277 e. The molecule has 134 valence electrons. The van der Waals surface area contributed by atoms with Crippen molar-refractivity contribution in [1.82, 2.24) is 24.7 Å². The molecule has 0 aliphatic carbocycles. The molecule has 0 saturated carbocycles. The molecule has 26 heavy (non-hydrogen) atoms. The van der Waals surface area contributed by atoms with Gasteiger partial charge in [0.25, 0.3) is 11.5 Å². The van der Waals surface area contributed by atoms with E-state index in [2.05, 4.69) is 15.3 Å². The maximum atomic E-state index is 13.9. The normalized spacial score (nSPS) is 14.8. The predicted molar refractivity (Wildman–Crippen MR) is 92.9 cm³/mol. The van der Waals surface area contributed by atoms with Gasteiger partial charge in [-0.1, -0.05) is 17.3 Å². The molecule has 3 heterocycles. The quantitative estimate of drug-likeness (QED) is 0.735. The van der Waals surface area contributed by atoms with E-state index in [1.807, 2.05) is 4.90 Å². The van der Waals surface area contributed by atoms with E-state index in [0.717, 1.165) is 0 Å². The van der Waals surface area contributed by atoms with Gasteiger partial charge in [-0.15, -0.1) is 5.10 Å². The number of rotatable bonds is 2. The zero-order chi connectivity index (χ0) is 18.3. The summed E-state index contributed by atoms with van der Waals surface area (Å²) in [5.41, 5.74) is 0.927. The number of anilines is 1. The lowest BCUT2D eigenvalue weighted by Gasteiger charge is -2.35. The van der Waals surface area contributed by atoms with Crippen LogP contribution in [0.1, 0.15) is 16.2 Å². The monoisotopic (exact) mass is 356 g/mol. The van der Waals surface area contributed by atoms with Crippen LogP contribution in [0.5, 0.6) is 0 Å². The molecule has 1 saturated heterocycles. The van der Waals surface area contributed by atoms with Crippen LogP contribution in [-0.2, 0) is 0 Å². The Balaban J connectivity index is 1.54. The fourth-order valence-corrected chi connectivity index (χ4v) is 3.20. The van der Waals surface area contributed by atoms with Gasteiger partial charge in [-0.3, -0.25) is 9.59 Å². The summed E-state index contributed by atoms with van der Waals surface area (Å²) in [5, 5.41) is 7.76. The first kappa shape index (κ1) is 16.2. The maximum Gasteiger partial charge on any atom is 0.277 e. The van der Waals surface area contributed by atoms with E-state index in [4.69, 9.17) is 0 Å². The van der Waals surface area contributed by atoms with Gasteiger partial charge in [0.2, 0.25) is 0 Å². The lowest BCUT2D eigenvalue weighted by atomic mass is 10.2. The first-order chi connectivity index (χ1) is 12.5. The second-order valence-electron chi connectivity index (χ2n) is 6.23. The number of aryl methyl sites for hydroxylation is 1. The van der Waals surface area contributed by atoms with Gasteiger partial charge in [-0.25, -0.2) is 8.91 Å². The minimum absolute atomic E-state index is 0.0330. The maximum absolute atomic E-state index is 13.9. The molecule has 1 aliphatic heterocycles. The summed E-state index contributed by atoms with van der Waals surface area (Å²) in [5.74, 6) is -0.624.